The summed E-state index contributed by atoms with van der Waals surface area (Å²) in [6.07, 6.45) is 0.818. The molecule has 2 rings (SSSR count). The van der Waals surface area contributed by atoms with E-state index in [1.54, 1.807) is 28.4 Å². The maximum absolute atomic E-state index is 5.88. The van der Waals surface area contributed by atoms with Gasteiger partial charge in [0.05, 0.1) is 28.4 Å². The fraction of sp³-hybridized carbons (Fsp3) is 0.500. The average molecular weight is 387 g/mol. The summed E-state index contributed by atoms with van der Waals surface area (Å²) < 4.78 is 22.4. The lowest BCUT2D eigenvalue weighted by Crippen LogP contribution is -2.22. The highest BCUT2D eigenvalue weighted by atomic mass is 16.5. The third kappa shape index (κ3) is 4.37. The molecule has 0 fully saturated rings. The molecule has 0 unspecified atom stereocenters. The molecular formula is C24H34O4. The molecule has 0 aliphatic carbocycles. The van der Waals surface area contributed by atoms with Crippen molar-refractivity contribution >= 4 is 0 Å². The van der Waals surface area contributed by atoms with Crippen molar-refractivity contribution in [3.8, 4) is 23.0 Å². The van der Waals surface area contributed by atoms with Gasteiger partial charge in [0.25, 0.3) is 0 Å². The summed E-state index contributed by atoms with van der Waals surface area (Å²) in [6.45, 7) is 11.0. The van der Waals surface area contributed by atoms with Crippen molar-refractivity contribution in [2.24, 2.45) is 0 Å². The second-order valence-corrected chi connectivity index (χ2v) is 8.72. The third-order valence-electron chi connectivity index (χ3n) is 5.17. The van der Waals surface area contributed by atoms with Crippen LogP contribution in [-0.4, -0.2) is 28.4 Å². The first-order chi connectivity index (χ1) is 13.1. The minimum absolute atomic E-state index is 0.0971. The van der Waals surface area contributed by atoms with E-state index in [1.807, 2.05) is 12.1 Å². The van der Waals surface area contributed by atoms with Crippen LogP contribution >= 0.6 is 0 Å². The van der Waals surface area contributed by atoms with Crippen LogP contribution in [0.2, 0.25) is 0 Å². The van der Waals surface area contributed by atoms with E-state index in [2.05, 4.69) is 52.8 Å². The summed E-state index contributed by atoms with van der Waals surface area (Å²) in [6, 6.07) is 10.3. The summed E-state index contributed by atoms with van der Waals surface area (Å²) in [5.41, 5.74) is 3.21. The van der Waals surface area contributed by atoms with Crippen LogP contribution in [-0.2, 0) is 17.3 Å². The lowest BCUT2D eigenvalue weighted by atomic mass is 9.77. The normalized spacial score (nSPS) is 11.9. The number of ether oxygens (including phenoxy) is 4. The highest BCUT2D eigenvalue weighted by Crippen LogP contribution is 2.43. The van der Waals surface area contributed by atoms with Gasteiger partial charge < -0.3 is 18.9 Å². The number of hydrogen-bond acceptors (Lipinski definition) is 4. The standard InChI is InChI=1S/C24H34O4/c1-23(2,3)21-19(26-7)12-10-16(22(21)28-9)15-24(4,5)17-11-13-18(25-6)20(14-17)27-8/h10-14H,15H2,1-9H3. The number of rotatable bonds is 7. The first-order valence-corrected chi connectivity index (χ1v) is 9.56. The molecule has 0 saturated carbocycles. The van der Waals surface area contributed by atoms with Crippen molar-refractivity contribution in [2.45, 2.75) is 51.9 Å². The number of benzene rings is 2. The topological polar surface area (TPSA) is 36.9 Å². The molecule has 0 atom stereocenters. The Labute approximate surface area is 169 Å². The molecule has 4 nitrogen and oxygen atoms in total. The molecule has 0 aliphatic heterocycles. The van der Waals surface area contributed by atoms with Gasteiger partial charge in [-0.2, -0.15) is 0 Å². The maximum Gasteiger partial charge on any atom is 0.161 e. The predicted octanol–water partition coefficient (Wildman–Crippen LogP) is 5.54. The van der Waals surface area contributed by atoms with Gasteiger partial charge in [0, 0.05) is 5.56 Å². The van der Waals surface area contributed by atoms with E-state index in [-0.39, 0.29) is 10.8 Å². The van der Waals surface area contributed by atoms with Gasteiger partial charge in [0.15, 0.2) is 11.5 Å². The monoisotopic (exact) mass is 386 g/mol. The van der Waals surface area contributed by atoms with Crippen molar-refractivity contribution in [3.63, 3.8) is 0 Å². The van der Waals surface area contributed by atoms with Gasteiger partial charge in [0.1, 0.15) is 11.5 Å². The molecule has 2 aromatic carbocycles. The second kappa shape index (κ2) is 8.34. The molecule has 0 saturated heterocycles. The minimum atomic E-state index is -0.128. The van der Waals surface area contributed by atoms with Gasteiger partial charge in [-0.25, -0.2) is 0 Å². The van der Waals surface area contributed by atoms with Gasteiger partial charge in [0.2, 0.25) is 0 Å². The molecule has 0 aliphatic rings. The highest BCUT2D eigenvalue weighted by molar-refractivity contribution is 5.54. The zero-order chi connectivity index (χ0) is 21.1. The maximum atomic E-state index is 5.88. The first kappa shape index (κ1) is 21.9. The quantitative estimate of drug-likeness (QED) is 0.626. The van der Waals surface area contributed by atoms with E-state index < -0.39 is 0 Å². The van der Waals surface area contributed by atoms with Crippen LogP contribution in [0.3, 0.4) is 0 Å². The molecule has 0 N–H and O–H groups in total. The highest BCUT2D eigenvalue weighted by Gasteiger charge is 2.29. The van der Waals surface area contributed by atoms with Crippen molar-refractivity contribution in [1.29, 1.82) is 0 Å². The molecule has 28 heavy (non-hydrogen) atoms. The summed E-state index contributed by atoms with van der Waals surface area (Å²) in [4.78, 5) is 0. The second-order valence-electron chi connectivity index (χ2n) is 8.72. The molecule has 2 aromatic rings. The summed E-state index contributed by atoms with van der Waals surface area (Å²) >= 11 is 0. The Balaban J connectivity index is 2.52. The van der Waals surface area contributed by atoms with Crippen molar-refractivity contribution in [1.82, 2.24) is 0 Å². The third-order valence-corrected chi connectivity index (χ3v) is 5.17. The van der Waals surface area contributed by atoms with Gasteiger partial charge in [-0.1, -0.05) is 46.8 Å². The number of methoxy groups -OCH3 is 4. The SMILES string of the molecule is COc1ccc(C(C)(C)Cc2ccc(OC)c(C(C)(C)C)c2OC)cc1OC. The summed E-state index contributed by atoms with van der Waals surface area (Å²) in [5.74, 6) is 3.24. The fourth-order valence-corrected chi connectivity index (χ4v) is 3.70. The fourth-order valence-electron chi connectivity index (χ4n) is 3.70. The summed E-state index contributed by atoms with van der Waals surface area (Å²) in [5, 5.41) is 0. The van der Waals surface area contributed by atoms with E-state index in [0.717, 1.165) is 40.5 Å². The van der Waals surface area contributed by atoms with Gasteiger partial charge in [-0.05, 0) is 46.6 Å². The van der Waals surface area contributed by atoms with E-state index in [4.69, 9.17) is 18.9 Å². The van der Waals surface area contributed by atoms with Crippen LogP contribution in [0.15, 0.2) is 30.3 Å². The average Bonchev–Trinajstić information content (AvgIpc) is 2.65. The number of hydrogen-bond donors (Lipinski definition) is 0. The van der Waals surface area contributed by atoms with Crippen molar-refractivity contribution in [3.05, 3.63) is 47.0 Å². The lowest BCUT2D eigenvalue weighted by molar-refractivity contribution is 0.352. The largest absolute Gasteiger partial charge is 0.496 e. The Bertz CT molecular complexity index is 816. The Morgan fingerprint density at radius 3 is 1.75 bits per heavy atom. The smallest absolute Gasteiger partial charge is 0.161 e. The van der Waals surface area contributed by atoms with Gasteiger partial charge in [-0.15, -0.1) is 0 Å². The van der Waals surface area contributed by atoms with Crippen molar-refractivity contribution < 1.29 is 18.9 Å². The lowest BCUT2D eigenvalue weighted by Gasteiger charge is -2.30. The Hall–Kier alpha value is -2.36. The summed E-state index contributed by atoms with van der Waals surface area (Å²) in [7, 11) is 6.75. The minimum Gasteiger partial charge on any atom is -0.496 e. The molecule has 0 amide bonds. The van der Waals surface area contributed by atoms with Gasteiger partial charge in [-0.3, -0.25) is 0 Å². The van der Waals surface area contributed by atoms with Gasteiger partial charge >= 0.3 is 0 Å². The van der Waals surface area contributed by atoms with Crippen LogP contribution in [0.5, 0.6) is 23.0 Å². The molecule has 0 bridgehead atoms. The Morgan fingerprint density at radius 2 is 1.25 bits per heavy atom. The van der Waals surface area contributed by atoms with E-state index in [0.29, 0.717) is 0 Å². The van der Waals surface area contributed by atoms with Crippen LogP contribution < -0.4 is 18.9 Å². The molecule has 154 valence electrons. The van der Waals surface area contributed by atoms with E-state index in [9.17, 15) is 0 Å². The van der Waals surface area contributed by atoms with Crippen LogP contribution in [0.1, 0.15) is 51.3 Å². The zero-order valence-corrected chi connectivity index (χ0v) is 18.7. The van der Waals surface area contributed by atoms with Crippen LogP contribution in [0.25, 0.3) is 0 Å². The van der Waals surface area contributed by atoms with Crippen LogP contribution in [0.4, 0.5) is 0 Å². The zero-order valence-electron chi connectivity index (χ0n) is 18.7. The van der Waals surface area contributed by atoms with E-state index >= 15 is 0 Å². The first-order valence-electron chi connectivity index (χ1n) is 9.56. The predicted molar refractivity (Wildman–Crippen MR) is 115 cm³/mol. The molecular weight excluding hydrogens is 352 g/mol. The molecule has 0 aromatic heterocycles. The molecule has 0 radical (unpaired) electrons. The molecule has 0 spiro atoms. The Kier molecular flexibility index (Phi) is 6.53. The molecule has 4 heteroatoms. The van der Waals surface area contributed by atoms with E-state index in [1.165, 1.54) is 5.56 Å². The Morgan fingerprint density at radius 1 is 0.679 bits per heavy atom. The van der Waals surface area contributed by atoms with Crippen LogP contribution in [0, 0.1) is 0 Å². The molecule has 0 heterocycles. The van der Waals surface area contributed by atoms with Crippen molar-refractivity contribution in [2.75, 3.05) is 28.4 Å².